The topological polar surface area (TPSA) is 81.9 Å². The molecule has 0 heterocycles. The van der Waals surface area contributed by atoms with Crippen molar-refractivity contribution in [2.75, 3.05) is 32.5 Å². The zero-order chi connectivity index (χ0) is 15.1. The number of methoxy groups -OCH3 is 1. The average molecular weight is 280 g/mol. The summed E-state index contributed by atoms with van der Waals surface area (Å²) in [6.45, 7) is 4.08. The van der Waals surface area contributed by atoms with E-state index in [1.54, 1.807) is 26.0 Å². The number of carbonyl (C=O) groups is 2. The molecule has 0 aliphatic rings. The summed E-state index contributed by atoms with van der Waals surface area (Å²) in [5.74, 6) is -0.332. The summed E-state index contributed by atoms with van der Waals surface area (Å²) >= 11 is 0. The van der Waals surface area contributed by atoms with Gasteiger partial charge in [0, 0.05) is 12.2 Å². The summed E-state index contributed by atoms with van der Waals surface area (Å²) in [4.78, 5) is 25.3. The molecule has 0 atom stereocenters. The van der Waals surface area contributed by atoms with Crippen LogP contribution < -0.4 is 10.5 Å². The minimum absolute atomic E-state index is 0.0961. The third-order valence-electron chi connectivity index (χ3n) is 2.75. The maximum atomic E-state index is 12.4. The Morgan fingerprint density at radius 2 is 2.00 bits per heavy atom. The van der Waals surface area contributed by atoms with Gasteiger partial charge in [0.1, 0.15) is 12.3 Å². The Hall–Kier alpha value is -2.24. The van der Waals surface area contributed by atoms with Gasteiger partial charge >= 0.3 is 5.97 Å². The molecule has 6 heteroatoms. The highest BCUT2D eigenvalue weighted by Gasteiger charge is 2.21. The van der Waals surface area contributed by atoms with Crippen LogP contribution in [-0.2, 0) is 9.53 Å². The van der Waals surface area contributed by atoms with E-state index in [0.717, 1.165) is 0 Å². The number of anilines is 1. The van der Waals surface area contributed by atoms with Gasteiger partial charge in [-0.3, -0.25) is 9.59 Å². The number of carbonyl (C=O) groups excluding carboxylic acids is 2. The van der Waals surface area contributed by atoms with Crippen LogP contribution in [0.1, 0.15) is 24.2 Å². The van der Waals surface area contributed by atoms with Gasteiger partial charge in [0.15, 0.2) is 0 Å². The van der Waals surface area contributed by atoms with Gasteiger partial charge in [0.25, 0.3) is 5.91 Å². The number of nitrogen functional groups attached to an aromatic ring is 1. The standard InChI is InChI=1S/C14H20N2O4/c1-4-16(9-13(17)20-5-2)14(18)11-8-10(15)6-7-12(11)19-3/h6-8H,4-5,9,15H2,1-3H3. The summed E-state index contributed by atoms with van der Waals surface area (Å²) in [5, 5.41) is 0. The van der Waals surface area contributed by atoms with Crippen molar-refractivity contribution in [2.24, 2.45) is 0 Å². The van der Waals surface area contributed by atoms with Crippen LogP contribution in [0, 0.1) is 0 Å². The smallest absolute Gasteiger partial charge is 0.325 e. The van der Waals surface area contributed by atoms with E-state index in [4.69, 9.17) is 15.2 Å². The van der Waals surface area contributed by atoms with E-state index >= 15 is 0 Å². The number of likely N-dealkylation sites (N-methyl/N-ethyl adjacent to an activating group) is 1. The molecule has 0 aliphatic carbocycles. The first-order chi connectivity index (χ1) is 9.53. The average Bonchev–Trinajstić information content (AvgIpc) is 2.44. The van der Waals surface area contributed by atoms with Crippen molar-refractivity contribution in [3.8, 4) is 5.75 Å². The molecule has 1 amide bonds. The maximum absolute atomic E-state index is 12.4. The lowest BCUT2D eigenvalue weighted by atomic mass is 10.1. The highest BCUT2D eigenvalue weighted by molar-refractivity contribution is 5.99. The molecule has 0 unspecified atom stereocenters. The van der Waals surface area contributed by atoms with Crippen LogP contribution in [0.5, 0.6) is 5.75 Å². The van der Waals surface area contributed by atoms with Crippen molar-refractivity contribution in [1.29, 1.82) is 0 Å². The van der Waals surface area contributed by atoms with E-state index in [0.29, 0.717) is 23.5 Å². The number of hydrogen-bond donors (Lipinski definition) is 1. The van der Waals surface area contributed by atoms with Crippen LogP contribution in [0.4, 0.5) is 5.69 Å². The number of hydrogen-bond acceptors (Lipinski definition) is 5. The molecule has 0 bridgehead atoms. The lowest BCUT2D eigenvalue weighted by Gasteiger charge is -2.21. The van der Waals surface area contributed by atoms with Crippen LogP contribution in [0.2, 0.25) is 0 Å². The van der Waals surface area contributed by atoms with Crippen LogP contribution in [0.15, 0.2) is 18.2 Å². The molecular formula is C14H20N2O4. The Kier molecular flexibility index (Phi) is 5.83. The zero-order valence-corrected chi connectivity index (χ0v) is 12.0. The lowest BCUT2D eigenvalue weighted by molar-refractivity contribution is -0.143. The van der Waals surface area contributed by atoms with Gasteiger partial charge < -0.3 is 20.1 Å². The van der Waals surface area contributed by atoms with Gasteiger partial charge in [-0.1, -0.05) is 0 Å². The quantitative estimate of drug-likeness (QED) is 0.627. The molecule has 1 aromatic carbocycles. The van der Waals surface area contributed by atoms with Crippen LogP contribution in [0.3, 0.4) is 0 Å². The van der Waals surface area contributed by atoms with Gasteiger partial charge in [-0.15, -0.1) is 0 Å². The third kappa shape index (κ3) is 3.88. The summed E-state index contributed by atoms with van der Waals surface area (Å²) in [6, 6.07) is 4.81. The Bertz CT molecular complexity index is 488. The van der Waals surface area contributed by atoms with E-state index in [-0.39, 0.29) is 19.1 Å². The molecule has 0 spiro atoms. The number of nitrogens with zero attached hydrogens (tertiary/aromatic N) is 1. The number of nitrogens with two attached hydrogens (primary N) is 1. The second-order valence-electron chi connectivity index (χ2n) is 4.08. The molecule has 6 nitrogen and oxygen atoms in total. The molecule has 1 rings (SSSR count). The monoisotopic (exact) mass is 280 g/mol. The summed E-state index contributed by atoms with van der Waals surface area (Å²) < 4.78 is 10.0. The van der Waals surface area contributed by atoms with E-state index in [1.807, 2.05) is 0 Å². The molecule has 0 aromatic heterocycles. The third-order valence-corrected chi connectivity index (χ3v) is 2.75. The first kappa shape index (κ1) is 15.8. The summed E-state index contributed by atoms with van der Waals surface area (Å²) in [6.07, 6.45) is 0. The fraction of sp³-hybridized carbons (Fsp3) is 0.429. The highest BCUT2D eigenvalue weighted by atomic mass is 16.5. The molecule has 110 valence electrons. The fourth-order valence-corrected chi connectivity index (χ4v) is 1.75. The summed E-state index contributed by atoms with van der Waals surface area (Å²) in [7, 11) is 1.48. The number of benzene rings is 1. The van der Waals surface area contributed by atoms with Gasteiger partial charge in [0.2, 0.25) is 0 Å². The predicted octanol–water partition coefficient (Wildman–Crippen LogP) is 1.30. The first-order valence-corrected chi connectivity index (χ1v) is 6.41. The molecular weight excluding hydrogens is 260 g/mol. The number of esters is 1. The fourth-order valence-electron chi connectivity index (χ4n) is 1.75. The van der Waals surface area contributed by atoms with E-state index < -0.39 is 5.97 Å². The van der Waals surface area contributed by atoms with E-state index in [2.05, 4.69) is 0 Å². The van der Waals surface area contributed by atoms with E-state index in [1.165, 1.54) is 18.1 Å². The number of amides is 1. The predicted molar refractivity (Wildman–Crippen MR) is 75.6 cm³/mol. The largest absolute Gasteiger partial charge is 0.496 e. The van der Waals surface area contributed by atoms with Crippen LogP contribution in [0.25, 0.3) is 0 Å². The van der Waals surface area contributed by atoms with Crippen molar-refractivity contribution < 1.29 is 19.1 Å². The minimum Gasteiger partial charge on any atom is -0.496 e. The first-order valence-electron chi connectivity index (χ1n) is 6.41. The van der Waals surface area contributed by atoms with Gasteiger partial charge in [-0.2, -0.15) is 0 Å². The van der Waals surface area contributed by atoms with Crippen molar-refractivity contribution in [3.63, 3.8) is 0 Å². The molecule has 0 radical (unpaired) electrons. The van der Waals surface area contributed by atoms with Crippen molar-refractivity contribution >= 4 is 17.6 Å². The molecule has 0 fully saturated rings. The Labute approximate surface area is 118 Å². The normalized spacial score (nSPS) is 9.95. The van der Waals surface area contributed by atoms with Gasteiger partial charge in [-0.25, -0.2) is 0 Å². The Morgan fingerprint density at radius 1 is 1.30 bits per heavy atom. The summed E-state index contributed by atoms with van der Waals surface area (Å²) in [5.41, 5.74) is 6.48. The Morgan fingerprint density at radius 3 is 2.55 bits per heavy atom. The van der Waals surface area contributed by atoms with Gasteiger partial charge in [-0.05, 0) is 32.0 Å². The molecule has 20 heavy (non-hydrogen) atoms. The lowest BCUT2D eigenvalue weighted by Crippen LogP contribution is -2.36. The van der Waals surface area contributed by atoms with Crippen molar-refractivity contribution in [2.45, 2.75) is 13.8 Å². The van der Waals surface area contributed by atoms with Crippen LogP contribution >= 0.6 is 0 Å². The van der Waals surface area contributed by atoms with Crippen LogP contribution in [-0.4, -0.2) is 43.6 Å². The SMILES string of the molecule is CCOC(=O)CN(CC)C(=O)c1cc(N)ccc1OC. The highest BCUT2D eigenvalue weighted by Crippen LogP contribution is 2.22. The zero-order valence-electron chi connectivity index (χ0n) is 12.0. The second-order valence-corrected chi connectivity index (χ2v) is 4.08. The molecule has 0 saturated carbocycles. The molecule has 2 N–H and O–H groups in total. The number of ether oxygens (including phenoxy) is 2. The minimum atomic E-state index is -0.439. The number of rotatable bonds is 6. The molecule has 1 aromatic rings. The Balaban J connectivity index is 2.96. The van der Waals surface area contributed by atoms with Crippen molar-refractivity contribution in [3.05, 3.63) is 23.8 Å². The molecule has 0 saturated heterocycles. The maximum Gasteiger partial charge on any atom is 0.325 e. The molecule has 0 aliphatic heterocycles. The van der Waals surface area contributed by atoms with Crippen molar-refractivity contribution in [1.82, 2.24) is 4.90 Å². The van der Waals surface area contributed by atoms with E-state index in [9.17, 15) is 9.59 Å². The second kappa shape index (κ2) is 7.37. The van der Waals surface area contributed by atoms with Gasteiger partial charge in [0.05, 0.1) is 19.3 Å².